The van der Waals surface area contributed by atoms with Gasteiger partial charge in [-0.2, -0.15) is 0 Å². The minimum Gasteiger partial charge on any atom is -0.466 e. The van der Waals surface area contributed by atoms with Gasteiger partial charge >= 0.3 is 11.9 Å². The van der Waals surface area contributed by atoms with Gasteiger partial charge in [0.2, 0.25) is 0 Å². The Hall–Kier alpha value is -1.13. The number of ether oxygens (including phenoxy) is 2. The van der Waals surface area contributed by atoms with Crippen LogP contribution >= 0.6 is 0 Å². The maximum atomic E-state index is 13.5. The molecule has 0 aromatic rings. The standard InChI is InChI=1S/C9H15FO4/c1-8(2,3)14-7(12)9(4,10)6(11)13-5/h1-5H3/t9-/m1/s1. The zero-order chi connectivity index (χ0) is 11.6. The second-order valence-corrected chi connectivity index (χ2v) is 4.00. The Morgan fingerprint density at radius 3 is 1.79 bits per heavy atom. The number of rotatable bonds is 2. The molecule has 0 saturated carbocycles. The molecule has 0 rings (SSSR count). The minimum atomic E-state index is -2.75. The summed E-state index contributed by atoms with van der Waals surface area (Å²) in [5.41, 5.74) is -3.58. The lowest BCUT2D eigenvalue weighted by Gasteiger charge is -2.24. The second kappa shape index (κ2) is 3.94. The van der Waals surface area contributed by atoms with Crippen molar-refractivity contribution in [2.24, 2.45) is 0 Å². The molecule has 0 aliphatic heterocycles. The maximum absolute atomic E-state index is 13.5. The highest BCUT2D eigenvalue weighted by Crippen LogP contribution is 2.19. The SMILES string of the molecule is COC(=O)[C@@](C)(F)C(=O)OC(C)(C)C. The first kappa shape index (κ1) is 12.9. The summed E-state index contributed by atoms with van der Waals surface area (Å²) in [4.78, 5) is 22.0. The van der Waals surface area contributed by atoms with Crippen molar-refractivity contribution >= 4 is 11.9 Å². The molecule has 0 aromatic carbocycles. The molecular weight excluding hydrogens is 191 g/mol. The first-order valence-corrected chi connectivity index (χ1v) is 4.12. The van der Waals surface area contributed by atoms with Crippen LogP contribution in [0.25, 0.3) is 0 Å². The van der Waals surface area contributed by atoms with E-state index in [1.165, 1.54) is 0 Å². The fraction of sp³-hybridized carbons (Fsp3) is 0.778. The summed E-state index contributed by atoms with van der Waals surface area (Å²) >= 11 is 0. The van der Waals surface area contributed by atoms with E-state index in [0.717, 1.165) is 14.0 Å². The van der Waals surface area contributed by atoms with E-state index in [4.69, 9.17) is 4.74 Å². The minimum absolute atomic E-state index is 0.812. The number of esters is 2. The van der Waals surface area contributed by atoms with Crippen LogP contribution in [0, 0.1) is 0 Å². The topological polar surface area (TPSA) is 52.6 Å². The van der Waals surface area contributed by atoms with Gasteiger partial charge in [0.25, 0.3) is 5.67 Å². The van der Waals surface area contributed by atoms with Crippen LogP contribution in [0.15, 0.2) is 0 Å². The molecule has 5 heteroatoms. The first-order valence-electron chi connectivity index (χ1n) is 4.12. The number of hydrogen-bond acceptors (Lipinski definition) is 4. The average Bonchev–Trinajstić information content (AvgIpc) is 1.99. The van der Waals surface area contributed by atoms with Crippen molar-refractivity contribution in [3.63, 3.8) is 0 Å². The molecule has 0 heterocycles. The number of carbonyl (C=O) groups is 2. The third-order valence-electron chi connectivity index (χ3n) is 1.35. The third kappa shape index (κ3) is 3.32. The molecule has 4 nitrogen and oxygen atoms in total. The van der Waals surface area contributed by atoms with E-state index >= 15 is 0 Å². The van der Waals surface area contributed by atoms with E-state index in [2.05, 4.69) is 4.74 Å². The Balaban J connectivity index is 4.60. The van der Waals surface area contributed by atoms with Crippen molar-refractivity contribution in [2.75, 3.05) is 7.11 Å². The van der Waals surface area contributed by atoms with Crippen LogP contribution in [0.5, 0.6) is 0 Å². The summed E-state index contributed by atoms with van der Waals surface area (Å²) in [5.74, 6) is -2.50. The van der Waals surface area contributed by atoms with E-state index in [1.807, 2.05) is 0 Å². The van der Waals surface area contributed by atoms with Crippen LogP contribution in [0.4, 0.5) is 4.39 Å². The Morgan fingerprint density at radius 1 is 1.07 bits per heavy atom. The molecule has 0 spiro atoms. The molecule has 82 valence electrons. The quantitative estimate of drug-likeness (QED) is 0.503. The molecule has 0 aliphatic carbocycles. The summed E-state index contributed by atoms with van der Waals surface area (Å²) in [6.07, 6.45) is 0. The van der Waals surface area contributed by atoms with Crippen LogP contribution in [-0.2, 0) is 19.1 Å². The molecule has 0 radical (unpaired) electrons. The summed E-state index contributed by atoms with van der Waals surface area (Å²) in [6.45, 7) is 5.56. The monoisotopic (exact) mass is 206 g/mol. The van der Waals surface area contributed by atoms with Gasteiger partial charge in [-0.3, -0.25) is 0 Å². The normalized spacial score (nSPS) is 15.6. The van der Waals surface area contributed by atoms with Crippen molar-refractivity contribution in [1.29, 1.82) is 0 Å². The van der Waals surface area contributed by atoms with E-state index in [-0.39, 0.29) is 0 Å². The highest BCUT2D eigenvalue weighted by atomic mass is 19.1. The van der Waals surface area contributed by atoms with Crippen LogP contribution in [-0.4, -0.2) is 30.3 Å². The van der Waals surface area contributed by atoms with Gasteiger partial charge < -0.3 is 9.47 Å². The highest BCUT2D eigenvalue weighted by Gasteiger charge is 2.46. The third-order valence-corrected chi connectivity index (χ3v) is 1.35. The first-order chi connectivity index (χ1) is 6.11. The molecule has 0 fully saturated rings. The number of methoxy groups -OCH3 is 1. The zero-order valence-electron chi connectivity index (χ0n) is 9.01. The number of alkyl halides is 1. The number of halogens is 1. The lowest BCUT2D eigenvalue weighted by atomic mass is 10.1. The van der Waals surface area contributed by atoms with Gasteiger partial charge in [-0.05, 0) is 27.7 Å². The van der Waals surface area contributed by atoms with Crippen molar-refractivity contribution < 1.29 is 23.5 Å². The van der Waals surface area contributed by atoms with Crippen molar-refractivity contribution in [3.05, 3.63) is 0 Å². The molecule has 0 unspecified atom stereocenters. The van der Waals surface area contributed by atoms with Crippen LogP contribution in [0.1, 0.15) is 27.7 Å². The van der Waals surface area contributed by atoms with Crippen LogP contribution in [0.2, 0.25) is 0 Å². The molecule has 1 atom stereocenters. The van der Waals surface area contributed by atoms with Gasteiger partial charge in [-0.15, -0.1) is 0 Å². The Labute approximate surface area is 82.4 Å². The summed E-state index contributed by atoms with van der Waals surface area (Å²) in [6, 6.07) is 0. The number of hydrogen-bond donors (Lipinski definition) is 0. The van der Waals surface area contributed by atoms with E-state index in [9.17, 15) is 14.0 Å². The molecule has 14 heavy (non-hydrogen) atoms. The summed E-state index contributed by atoms with van der Waals surface area (Å²) in [7, 11) is 1.00. The lowest BCUT2D eigenvalue weighted by molar-refractivity contribution is -0.178. The van der Waals surface area contributed by atoms with E-state index < -0.39 is 23.2 Å². The van der Waals surface area contributed by atoms with Gasteiger partial charge in [0.05, 0.1) is 7.11 Å². The van der Waals surface area contributed by atoms with Gasteiger partial charge in [-0.1, -0.05) is 0 Å². The summed E-state index contributed by atoms with van der Waals surface area (Å²) < 4.78 is 22.3. The average molecular weight is 206 g/mol. The highest BCUT2D eigenvalue weighted by molar-refractivity contribution is 6.02. The number of carbonyl (C=O) groups excluding carboxylic acids is 2. The Bertz CT molecular complexity index is 240. The molecular formula is C9H15FO4. The van der Waals surface area contributed by atoms with E-state index in [0.29, 0.717) is 0 Å². The molecule has 0 aliphatic rings. The fourth-order valence-electron chi connectivity index (χ4n) is 0.649. The van der Waals surface area contributed by atoms with Gasteiger partial charge in [0, 0.05) is 0 Å². The van der Waals surface area contributed by atoms with Crippen LogP contribution in [0.3, 0.4) is 0 Å². The second-order valence-electron chi connectivity index (χ2n) is 4.00. The molecule has 0 aromatic heterocycles. The van der Waals surface area contributed by atoms with Gasteiger partial charge in [0.15, 0.2) is 0 Å². The fourth-order valence-corrected chi connectivity index (χ4v) is 0.649. The van der Waals surface area contributed by atoms with Gasteiger partial charge in [0.1, 0.15) is 5.60 Å². The molecule has 0 bridgehead atoms. The molecule has 0 N–H and O–H groups in total. The van der Waals surface area contributed by atoms with Crippen LogP contribution < -0.4 is 0 Å². The Kier molecular flexibility index (Phi) is 3.62. The maximum Gasteiger partial charge on any atom is 0.356 e. The Morgan fingerprint density at radius 2 is 1.50 bits per heavy atom. The van der Waals surface area contributed by atoms with Crippen molar-refractivity contribution in [1.82, 2.24) is 0 Å². The van der Waals surface area contributed by atoms with Gasteiger partial charge in [-0.25, -0.2) is 14.0 Å². The van der Waals surface area contributed by atoms with E-state index in [1.54, 1.807) is 20.8 Å². The van der Waals surface area contributed by atoms with Crippen molar-refractivity contribution in [2.45, 2.75) is 39.0 Å². The largest absolute Gasteiger partial charge is 0.466 e. The van der Waals surface area contributed by atoms with Crippen molar-refractivity contribution in [3.8, 4) is 0 Å². The predicted molar refractivity (Wildman–Crippen MR) is 47.4 cm³/mol. The summed E-state index contributed by atoms with van der Waals surface area (Å²) in [5, 5.41) is 0. The molecule has 0 saturated heterocycles. The molecule has 0 amide bonds. The predicted octanol–water partition coefficient (Wildman–Crippen LogP) is 1.23. The lowest BCUT2D eigenvalue weighted by Crippen LogP contribution is -2.44. The zero-order valence-corrected chi connectivity index (χ0v) is 9.01. The smallest absolute Gasteiger partial charge is 0.356 e.